The van der Waals surface area contributed by atoms with Gasteiger partial charge in [0.1, 0.15) is 11.2 Å². The molecular formula is C129H93N5O. The summed E-state index contributed by atoms with van der Waals surface area (Å²) in [4.78, 5) is 7.02. The van der Waals surface area contributed by atoms with E-state index in [1.165, 1.54) is 122 Å². The number of furan rings is 1. The molecule has 0 aliphatic heterocycles. The molecule has 0 amide bonds. The largest absolute Gasteiger partial charge is 0.455 e. The van der Waals surface area contributed by atoms with Crippen LogP contribution in [-0.4, -0.2) is 9.13 Å². The second-order valence-corrected chi connectivity index (χ2v) is 35.1. The van der Waals surface area contributed by atoms with Crippen LogP contribution in [-0.2, 0) is 5.41 Å². The summed E-state index contributed by atoms with van der Waals surface area (Å²) in [5.74, 6) is 0. The van der Waals surface area contributed by atoms with Crippen LogP contribution < -0.4 is 14.7 Å². The zero-order valence-corrected chi connectivity index (χ0v) is 74.9. The van der Waals surface area contributed by atoms with E-state index in [1.807, 2.05) is 12.1 Å². The van der Waals surface area contributed by atoms with Crippen LogP contribution in [0, 0.1) is 0 Å². The third kappa shape index (κ3) is 15.7. The Bertz CT molecular complexity index is 8080. The summed E-state index contributed by atoms with van der Waals surface area (Å²) >= 11 is 0. The van der Waals surface area contributed by atoms with Gasteiger partial charge in [0.15, 0.2) is 0 Å². The highest BCUT2D eigenvalue weighted by Gasteiger charge is 2.36. The van der Waals surface area contributed by atoms with E-state index < -0.39 is 0 Å². The van der Waals surface area contributed by atoms with Crippen LogP contribution in [0.15, 0.2) is 532 Å². The highest BCUT2D eigenvalue weighted by Crippen LogP contribution is 2.52. The molecule has 1 aliphatic carbocycles. The highest BCUT2D eigenvalue weighted by atomic mass is 16.3. The van der Waals surface area contributed by atoms with E-state index in [0.717, 1.165) is 95.6 Å². The van der Waals surface area contributed by atoms with Crippen LogP contribution in [0.4, 0.5) is 51.2 Å². The van der Waals surface area contributed by atoms with Crippen molar-refractivity contribution in [2.45, 2.75) is 19.3 Å². The standard InChI is InChI=1S/C45H34N2.C42H30N2.C42H29NO/c1-45(2)41-20-9-6-17-37(41)38-28-27-36(30-42(38)45)46(33-14-4-3-5-15-33)34-25-23-31(24-26-34)32-13-12-16-35(29-32)47-43-21-10-7-18-39(43)40-19-8-11-22-44(40)47;1-3-11-31(12-4-1)33-19-23-35(24-20-33)43(36-25-21-34(22-26-36)32-13-5-2-6-14-32)37-27-29-38(30-28-37)44-41-17-9-7-15-39(41)40-16-8-10-18-42(40)44;1-3-10-30(11-4-1)32-18-24-35(25-19-32)43(36-26-20-33(21-27-36)31-12-5-2-6-13-31)37-28-22-34(23-29-37)38-15-9-16-40-39-14-7-8-17-41(39)44-42(38)40/h3-30H,1-2H3;1-30H;1-29H. The Morgan fingerprint density at radius 1 is 0.178 bits per heavy atom. The van der Waals surface area contributed by atoms with Gasteiger partial charge in [0.05, 0.1) is 22.1 Å². The number of benzene rings is 21. The highest BCUT2D eigenvalue weighted by molar-refractivity contribution is 6.12. The van der Waals surface area contributed by atoms with E-state index in [-0.39, 0.29) is 5.41 Å². The van der Waals surface area contributed by atoms with Gasteiger partial charge in [-0.25, -0.2) is 0 Å². The maximum absolute atomic E-state index is 6.34. The maximum Gasteiger partial charge on any atom is 0.143 e. The minimum absolute atomic E-state index is 0.0600. The van der Waals surface area contributed by atoms with Crippen LogP contribution in [0.1, 0.15) is 25.0 Å². The van der Waals surface area contributed by atoms with Crippen molar-refractivity contribution in [1.82, 2.24) is 9.13 Å². The fraction of sp³-hybridized carbons (Fsp3) is 0.0233. The van der Waals surface area contributed by atoms with Crippen molar-refractivity contribution in [2.24, 2.45) is 0 Å². The Labute approximate surface area is 787 Å². The second-order valence-electron chi connectivity index (χ2n) is 35.1. The lowest BCUT2D eigenvalue weighted by Gasteiger charge is -2.28. The number of aromatic nitrogens is 2. The molecule has 0 bridgehead atoms. The Hall–Kier alpha value is -17.6. The number of nitrogens with zero attached hydrogens (tertiary/aromatic N) is 5. The molecule has 0 unspecified atom stereocenters. The van der Waals surface area contributed by atoms with E-state index >= 15 is 0 Å². The van der Waals surface area contributed by atoms with Gasteiger partial charge in [-0.2, -0.15) is 0 Å². The molecular weight excluding hydrogens is 1640 g/mol. The zero-order chi connectivity index (χ0) is 90.1. The molecule has 0 saturated carbocycles. The van der Waals surface area contributed by atoms with Crippen LogP contribution in [0.3, 0.4) is 0 Å². The Kier molecular flexibility index (Phi) is 21.7. The van der Waals surface area contributed by atoms with Gasteiger partial charge in [0.25, 0.3) is 0 Å². The number of hydrogen-bond acceptors (Lipinski definition) is 4. The van der Waals surface area contributed by atoms with Crippen LogP contribution in [0.5, 0.6) is 0 Å². The lowest BCUT2D eigenvalue weighted by atomic mass is 9.82. The predicted octanol–water partition coefficient (Wildman–Crippen LogP) is 35.9. The SMILES string of the molecule is CC1(C)c2ccccc2-c2ccc(N(c3ccccc3)c3ccc(-c4cccc(-n5c6ccccc6c6ccccc65)c4)cc3)cc21.c1ccc(-c2ccc(N(c3ccc(-c4ccccc4)cc3)c3ccc(-c4cccc5c4oc4ccccc45)cc3)cc2)cc1.c1ccc(-c2ccc(N(c3ccc(-c4ccccc4)cc3)c3ccc(-n4c5ccccc5c5ccccc54)cc3)cc2)cc1. The van der Waals surface area contributed by atoms with Gasteiger partial charge >= 0.3 is 0 Å². The summed E-state index contributed by atoms with van der Waals surface area (Å²) in [6, 6.07) is 189. The summed E-state index contributed by atoms with van der Waals surface area (Å²) < 4.78 is 11.1. The molecule has 0 fully saturated rings. The molecule has 3 aromatic heterocycles. The molecule has 21 aromatic carbocycles. The third-order valence-electron chi connectivity index (χ3n) is 26.7. The van der Waals surface area contributed by atoms with Gasteiger partial charge < -0.3 is 28.3 Å². The molecule has 0 spiro atoms. The third-order valence-corrected chi connectivity index (χ3v) is 26.7. The first-order chi connectivity index (χ1) is 66.7. The van der Waals surface area contributed by atoms with Crippen LogP contribution in [0.2, 0.25) is 0 Å². The van der Waals surface area contributed by atoms with Crippen LogP contribution in [0.25, 0.3) is 155 Å². The Balaban J connectivity index is 0.000000114. The fourth-order valence-electron chi connectivity index (χ4n) is 20.0. The number of hydrogen-bond donors (Lipinski definition) is 0. The van der Waals surface area contributed by atoms with E-state index in [2.05, 4.69) is 553 Å². The van der Waals surface area contributed by atoms with E-state index in [4.69, 9.17) is 4.42 Å². The molecule has 24 aromatic rings. The minimum atomic E-state index is -0.0600. The van der Waals surface area contributed by atoms with Crippen molar-refractivity contribution in [3.63, 3.8) is 0 Å². The molecule has 3 heterocycles. The lowest BCUT2D eigenvalue weighted by Crippen LogP contribution is -2.16. The molecule has 135 heavy (non-hydrogen) atoms. The maximum atomic E-state index is 6.34. The first kappa shape index (κ1) is 81.9. The molecule has 0 N–H and O–H groups in total. The first-order valence-electron chi connectivity index (χ1n) is 46.3. The Morgan fingerprint density at radius 3 is 0.889 bits per heavy atom. The van der Waals surface area contributed by atoms with Gasteiger partial charge in [-0.05, 0) is 247 Å². The van der Waals surface area contributed by atoms with Gasteiger partial charge in [-0.15, -0.1) is 0 Å². The second kappa shape index (κ2) is 35.7. The average Bonchev–Trinajstić information content (AvgIpc) is 1.58. The molecule has 25 rings (SSSR count). The van der Waals surface area contributed by atoms with E-state index in [0.29, 0.717) is 0 Å². The summed E-state index contributed by atoms with van der Waals surface area (Å²) in [5, 5.41) is 7.37. The minimum Gasteiger partial charge on any atom is -0.455 e. The monoisotopic (exact) mass is 1730 g/mol. The first-order valence-corrected chi connectivity index (χ1v) is 46.3. The predicted molar refractivity (Wildman–Crippen MR) is 570 cm³/mol. The van der Waals surface area contributed by atoms with Crippen LogP contribution >= 0.6 is 0 Å². The average molecular weight is 1730 g/mol. The van der Waals surface area contributed by atoms with Gasteiger partial charge in [0, 0.05) is 106 Å². The number of para-hydroxylation sites is 7. The van der Waals surface area contributed by atoms with E-state index in [9.17, 15) is 0 Å². The number of anilines is 9. The molecule has 0 radical (unpaired) electrons. The van der Waals surface area contributed by atoms with Crippen molar-refractivity contribution >= 4 is 117 Å². The van der Waals surface area contributed by atoms with Crippen molar-refractivity contribution in [3.8, 4) is 89.3 Å². The molecule has 0 saturated heterocycles. The Morgan fingerprint density at radius 2 is 0.459 bits per heavy atom. The summed E-state index contributed by atoms with van der Waals surface area (Å²) in [5.41, 5.74) is 38.7. The molecule has 640 valence electrons. The molecule has 0 atom stereocenters. The quantitative estimate of drug-likeness (QED) is 0.0910. The zero-order valence-electron chi connectivity index (χ0n) is 74.9. The normalized spacial score (nSPS) is 11.8. The molecule has 6 heteroatoms. The summed E-state index contributed by atoms with van der Waals surface area (Å²) in [6.45, 7) is 4.69. The molecule has 1 aliphatic rings. The number of fused-ring (bicyclic) bond motifs is 12. The molecule has 6 nitrogen and oxygen atoms in total. The van der Waals surface area contributed by atoms with Gasteiger partial charge in [0.2, 0.25) is 0 Å². The summed E-state index contributed by atoms with van der Waals surface area (Å²) in [7, 11) is 0. The van der Waals surface area contributed by atoms with Crippen molar-refractivity contribution < 1.29 is 4.42 Å². The fourth-order valence-corrected chi connectivity index (χ4v) is 20.0. The summed E-state index contributed by atoms with van der Waals surface area (Å²) in [6.07, 6.45) is 0. The van der Waals surface area contributed by atoms with Crippen molar-refractivity contribution in [3.05, 3.63) is 539 Å². The lowest BCUT2D eigenvalue weighted by molar-refractivity contribution is 0.660. The van der Waals surface area contributed by atoms with Crippen molar-refractivity contribution in [1.29, 1.82) is 0 Å². The topological polar surface area (TPSA) is 32.7 Å². The van der Waals surface area contributed by atoms with Gasteiger partial charge in [-0.3, -0.25) is 0 Å². The smallest absolute Gasteiger partial charge is 0.143 e. The van der Waals surface area contributed by atoms with E-state index in [1.54, 1.807) is 0 Å². The number of rotatable bonds is 17. The van der Waals surface area contributed by atoms with Gasteiger partial charge in [-0.1, -0.05) is 378 Å². The van der Waals surface area contributed by atoms with Crippen molar-refractivity contribution in [2.75, 3.05) is 14.7 Å².